The van der Waals surface area contributed by atoms with Gasteiger partial charge in [-0.1, -0.05) is 54.6 Å². The number of benzene rings is 6. The van der Waals surface area contributed by atoms with Crippen molar-refractivity contribution in [2.45, 2.75) is 54.0 Å². The highest BCUT2D eigenvalue weighted by Crippen LogP contribution is 2.38. The van der Waals surface area contributed by atoms with Gasteiger partial charge in [-0.2, -0.15) is 0 Å². The molecule has 0 radical (unpaired) electrons. The normalized spacial score (nSPS) is 14.1. The van der Waals surface area contributed by atoms with Gasteiger partial charge >= 0.3 is 0 Å². The van der Waals surface area contributed by atoms with Gasteiger partial charge in [0.05, 0.1) is 16.6 Å². The summed E-state index contributed by atoms with van der Waals surface area (Å²) in [6.45, 7) is 14.3. The van der Waals surface area contributed by atoms with E-state index in [4.69, 9.17) is 4.98 Å². The molecule has 0 aliphatic carbocycles. The number of hydrogen-bond acceptors (Lipinski definition) is 3. The molecule has 1 aliphatic heterocycles. The van der Waals surface area contributed by atoms with E-state index < -0.39 is 0 Å². The molecule has 4 N–H and O–H groups in total. The number of nitrogens with zero attached hydrogens (tertiary/aromatic N) is 2. The second-order valence-corrected chi connectivity index (χ2v) is 15.8. The third-order valence-corrected chi connectivity index (χ3v) is 12.6. The van der Waals surface area contributed by atoms with Crippen molar-refractivity contribution in [3.05, 3.63) is 155 Å². The SMILES string of the molecule is Cc1[nH]ccc2c(C)c3nc4ccccc4c3cc12.Cc1c2c(cc3c1[nH]c1ccccc13)C(C)NCC2.Cc1c2ccncc2c(C)c2c1[nH]c1ccccc12. The van der Waals surface area contributed by atoms with Crippen LogP contribution in [0.2, 0.25) is 0 Å². The first kappa shape index (κ1) is 35.0. The Bertz CT molecular complexity index is 3340. The van der Waals surface area contributed by atoms with Crippen molar-refractivity contribution < 1.29 is 0 Å². The van der Waals surface area contributed by atoms with E-state index >= 15 is 0 Å². The molecule has 6 heteroatoms. The number of rotatable bonds is 0. The monoisotopic (exact) mass is 742 g/mol. The first-order valence-corrected chi connectivity index (χ1v) is 20.0. The number of aryl methyl sites for hydroxylation is 5. The molecule has 6 aromatic carbocycles. The Balaban J connectivity index is 0.000000104. The minimum atomic E-state index is 0.459. The van der Waals surface area contributed by atoms with Crippen molar-refractivity contribution in [1.29, 1.82) is 0 Å². The zero-order valence-corrected chi connectivity index (χ0v) is 33.4. The van der Waals surface area contributed by atoms with Crippen LogP contribution in [0.15, 0.2) is 116 Å². The zero-order chi connectivity index (χ0) is 38.9. The molecule has 1 atom stereocenters. The van der Waals surface area contributed by atoms with Crippen molar-refractivity contribution >= 4 is 87.0 Å². The Labute approximate surface area is 331 Å². The topological polar surface area (TPSA) is 85.2 Å². The van der Waals surface area contributed by atoms with Crippen molar-refractivity contribution in [3.8, 4) is 0 Å². The van der Waals surface area contributed by atoms with Gasteiger partial charge in [-0.3, -0.25) is 4.98 Å². The van der Waals surface area contributed by atoms with E-state index in [1.54, 1.807) is 0 Å². The highest BCUT2D eigenvalue weighted by molar-refractivity contribution is 6.17. The molecule has 0 fully saturated rings. The molecule has 0 amide bonds. The van der Waals surface area contributed by atoms with Crippen LogP contribution in [0.4, 0.5) is 0 Å². The van der Waals surface area contributed by atoms with E-state index in [1.807, 2.05) is 24.7 Å². The van der Waals surface area contributed by atoms with Gasteiger partial charge in [-0.15, -0.1) is 0 Å². The van der Waals surface area contributed by atoms with Gasteiger partial charge in [0.15, 0.2) is 0 Å². The fourth-order valence-corrected chi connectivity index (χ4v) is 9.51. The summed E-state index contributed by atoms with van der Waals surface area (Å²) in [6.07, 6.45) is 6.97. The number of pyridine rings is 2. The maximum absolute atomic E-state index is 4.78. The molecule has 6 nitrogen and oxygen atoms in total. The van der Waals surface area contributed by atoms with Crippen LogP contribution in [0.3, 0.4) is 0 Å². The van der Waals surface area contributed by atoms with E-state index in [9.17, 15) is 0 Å². The predicted octanol–water partition coefficient (Wildman–Crippen LogP) is 12.8. The summed E-state index contributed by atoms with van der Waals surface area (Å²) in [4.78, 5) is 19.5. The van der Waals surface area contributed by atoms with Crippen molar-refractivity contribution in [2.75, 3.05) is 6.54 Å². The highest BCUT2D eigenvalue weighted by Gasteiger charge is 2.21. The summed E-state index contributed by atoms with van der Waals surface area (Å²) >= 11 is 0. The summed E-state index contributed by atoms with van der Waals surface area (Å²) in [5, 5.41) is 16.5. The average Bonchev–Trinajstić information content (AvgIpc) is 3.94. The molecule has 0 bridgehead atoms. The third-order valence-electron chi connectivity index (χ3n) is 12.6. The number of aromatic nitrogens is 5. The molecule has 280 valence electrons. The van der Waals surface area contributed by atoms with Crippen LogP contribution in [0.25, 0.3) is 87.0 Å². The lowest BCUT2D eigenvalue weighted by atomic mass is 9.89. The number of aromatic amines is 3. The summed E-state index contributed by atoms with van der Waals surface area (Å²) < 4.78 is 0. The third kappa shape index (κ3) is 5.58. The smallest absolute Gasteiger partial charge is 0.0751 e. The Kier molecular flexibility index (Phi) is 8.34. The molecule has 0 saturated heterocycles. The number of para-hydroxylation sites is 3. The Hall–Kier alpha value is -6.50. The van der Waals surface area contributed by atoms with E-state index in [1.165, 1.54) is 115 Å². The molecule has 0 saturated carbocycles. The maximum atomic E-state index is 4.78. The second-order valence-electron chi connectivity index (χ2n) is 15.8. The minimum Gasteiger partial charge on any atom is -0.365 e. The number of fused-ring (bicyclic) bond motifs is 12. The molecule has 1 aliphatic rings. The van der Waals surface area contributed by atoms with Crippen molar-refractivity contribution in [2.24, 2.45) is 0 Å². The first-order chi connectivity index (χ1) is 27.8. The Morgan fingerprint density at radius 2 is 1.28 bits per heavy atom. The largest absolute Gasteiger partial charge is 0.365 e. The first-order valence-electron chi connectivity index (χ1n) is 20.0. The molecule has 57 heavy (non-hydrogen) atoms. The Morgan fingerprint density at radius 1 is 0.579 bits per heavy atom. The van der Waals surface area contributed by atoms with Gasteiger partial charge in [0.25, 0.3) is 0 Å². The number of hydrogen-bond donors (Lipinski definition) is 4. The molecule has 0 spiro atoms. The van der Waals surface area contributed by atoms with Gasteiger partial charge in [-0.25, -0.2) is 4.98 Å². The minimum absolute atomic E-state index is 0.459. The van der Waals surface area contributed by atoms with Crippen molar-refractivity contribution in [3.63, 3.8) is 0 Å². The zero-order valence-electron chi connectivity index (χ0n) is 33.4. The molecule has 5 aromatic heterocycles. The van der Waals surface area contributed by atoms with Gasteiger partial charge in [-0.05, 0) is 141 Å². The number of nitrogens with one attached hydrogen (secondary N) is 4. The van der Waals surface area contributed by atoms with E-state index in [0.717, 1.165) is 24.0 Å². The predicted molar refractivity (Wildman–Crippen MR) is 242 cm³/mol. The standard InChI is InChI=1S/C17H14N2.C17H18N2.C17H14N2/c1-10-14-9-18-8-7-12(14)11(2)17-16(10)13-5-3-4-6-15(13)19-17;2*1-10-12-7-8-18-11(2)14(12)9-15-13-5-3-4-6-16(13)19-17(10)15/h3-9,19H,1-2H3;3-6,9,11,18-19H,7-8H2,1-2H3;3-9,18H,1-2H3. The molecular formula is C51H46N6. The van der Waals surface area contributed by atoms with Crippen LogP contribution in [0.5, 0.6) is 0 Å². The van der Waals surface area contributed by atoms with Crippen LogP contribution in [0, 0.1) is 34.6 Å². The summed E-state index contributed by atoms with van der Waals surface area (Å²) in [6, 6.07) is 34.8. The van der Waals surface area contributed by atoms with Gasteiger partial charge in [0.1, 0.15) is 0 Å². The van der Waals surface area contributed by atoms with E-state index in [0.29, 0.717) is 6.04 Å². The highest BCUT2D eigenvalue weighted by atomic mass is 14.9. The number of H-pyrrole nitrogens is 3. The molecule has 12 rings (SSSR count). The molecule has 6 heterocycles. The summed E-state index contributed by atoms with van der Waals surface area (Å²) in [7, 11) is 0. The van der Waals surface area contributed by atoms with Crippen LogP contribution in [-0.4, -0.2) is 31.5 Å². The van der Waals surface area contributed by atoms with E-state index in [-0.39, 0.29) is 0 Å². The lowest BCUT2D eigenvalue weighted by Gasteiger charge is -2.25. The van der Waals surface area contributed by atoms with Gasteiger partial charge in [0, 0.05) is 90.0 Å². The lowest BCUT2D eigenvalue weighted by Crippen LogP contribution is -2.28. The average molecular weight is 743 g/mol. The van der Waals surface area contributed by atoms with Gasteiger partial charge in [0.2, 0.25) is 0 Å². The fourth-order valence-electron chi connectivity index (χ4n) is 9.51. The summed E-state index contributed by atoms with van der Waals surface area (Å²) in [5.41, 5.74) is 16.7. The quantitative estimate of drug-likeness (QED) is 0.125. The second kappa shape index (κ2) is 13.6. The molecule has 1 unspecified atom stereocenters. The summed E-state index contributed by atoms with van der Waals surface area (Å²) in [5.74, 6) is 0. The lowest BCUT2D eigenvalue weighted by molar-refractivity contribution is 0.540. The molecule has 11 aromatic rings. The van der Waals surface area contributed by atoms with Crippen LogP contribution < -0.4 is 5.32 Å². The van der Waals surface area contributed by atoms with Crippen LogP contribution in [-0.2, 0) is 6.42 Å². The van der Waals surface area contributed by atoms with Crippen molar-refractivity contribution in [1.82, 2.24) is 30.2 Å². The molecular weight excluding hydrogens is 697 g/mol. The van der Waals surface area contributed by atoms with Crippen LogP contribution in [0.1, 0.15) is 52.0 Å². The van der Waals surface area contributed by atoms with Gasteiger partial charge < -0.3 is 20.3 Å². The Morgan fingerprint density at radius 3 is 2.11 bits per heavy atom. The van der Waals surface area contributed by atoms with Crippen LogP contribution >= 0.6 is 0 Å². The van der Waals surface area contributed by atoms with E-state index in [2.05, 4.69) is 158 Å². The maximum Gasteiger partial charge on any atom is 0.0751 e. The fraction of sp³-hybridized carbons (Fsp3) is 0.176.